The van der Waals surface area contributed by atoms with Crippen molar-refractivity contribution in [2.24, 2.45) is 0 Å². The van der Waals surface area contributed by atoms with Crippen LogP contribution in [-0.4, -0.2) is 0 Å². The molecule has 0 nitrogen and oxygen atoms in total. The highest BCUT2D eigenvalue weighted by Gasteiger charge is 2.17. The van der Waals surface area contributed by atoms with Crippen molar-refractivity contribution in [1.29, 1.82) is 0 Å². The normalized spacial score (nSPS) is 12.0. The zero-order chi connectivity index (χ0) is 14.9. The van der Waals surface area contributed by atoms with Crippen LogP contribution in [0.25, 0.3) is 32.3 Å². The van der Waals surface area contributed by atoms with Gasteiger partial charge in [-0.05, 0) is 94.8 Å². The van der Waals surface area contributed by atoms with Crippen LogP contribution in [0.5, 0.6) is 0 Å². The highest BCUT2D eigenvalue weighted by Crippen LogP contribution is 2.42. The minimum absolute atomic E-state index is 1.37. The maximum Gasteiger partial charge on any atom is -0.00185 e. The third kappa shape index (κ3) is 1.45. The van der Waals surface area contributed by atoms with Crippen LogP contribution in [0, 0.1) is 34.6 Å². The van der Waals surface area contributed by atoms with Gasteiger partial charge in [-0.3, -0.25) is 0 Å². The number of hydrogen-bond donors (Lipinski definition) is 0. The largest absolute Gasteiger partial charge is 0.0581 e. The van der Waals surface area contributed by atoms with Gasteiger partial charge in [-0.1, -0.05) is 30.3 Å². The Bertz CT molecular complexity index is 1020. The summed E-state index contributed by atoms with van der Waals surface area (Å²) in [5.74, 6) is 0. The van der Waals surface area contributed by atoms with Crippen LogP contribution in [0.2, 0.25) is 0 Å². The summed E-state index contributed by atoms with van der Waals surface area (Å²) >= 11 is 0. The van der Waals surface area contributed by atoms with Crippen LogP contribution in [0.1, 0.15) is 27.8 Å². The maximum absolute atomic E-state index is 2.34. The van der Waals surface area contributed by atoms with E-state index in [2.05, 4.69) is 65.0 Å². The van der Waals surface area contributed by atoms with Gasteiger partial charge in [0.05, 0.1) is 0 Å². The molecule has 4 aromatic carbocycles. The Hall–Kier alpha value is -2.08. The molecule has 4 aromatic rings. The average Bonchev–Trinajstić information content (AvgIpc) is 2.45. The fraction of sp³-hybridized carbons (Fsp3) is 0.238. The summed E-state index contributed by atoms with van der Waals surface area (Å²) in [5, 5.41) is 8.61. The van der Waals surface area contributed by atoms with E-state index in [0.717, 1.165) is 0 Å². The van der Waals surface area contributed by atoms with E-state index in [1.54, 1.807) is 0 Å². The highest BCUT2D eigenvalue weighted by atomic mass is 14.2. The highest BCUT2D eigenvalue weighted by molar-refractivity contribution is 6.26. The predicted molar refractivity (Wildman–Crippen MR) is 93.8 cm³/mol. The van der Waals surface area contributed by atoms with Gasteiger partial charge in [-0.2, -0.15) is 0 Å². The summed E-state index contributed by atoms with van der Waals surface area (Å²) < 4.78 is 0. The van der Waals surface area contributed by atoms with E-state index in [-0.39, 0.29) is 0 Å². The molecule has 104 valence electrons. The molecule has 0 unspecified atom stereocenters. The second-order valence-electron chi connectivity index (χ2n) is 6.48. The number of hydrogen-bond acceptors (Lipinski definition) is 0. The van der Waals surface area contributed by atoms with E-state index in [9.17, 15) is 0 Å². The average molecular weight is 272 g/mol. The van der Waals surface area contributed by atoms with Crippen molar-refractivity contribution < 1.29 is 0 Å². The lowest BCUT2D eigenvalue weighted by Gasteiger charge is -2.20. The summed E-state index contributed by atoms with van der Waals surface area (Å²) in [6, 6.07) is 11.5. The first kappa shape index (κ1) is 12.6. The molecule has 0 spiro atoms. The molecule has 0 aliphatic heterocycles. The van der Waals surface area contributed by atoms with Crippen LogP contribution >= 0.6 is 0 Å². The Labute approximate surface area is 125 Å². The lowest BCUT2D eigenvalue weighted by Crippen LogP contribution is -1.96. The molecule has 0 heterocycles. The molecule has 0 aliphatic rings. The molecule has 4 rings (SSSR count). The second-order valence-corrected chi connectivity index (χ2v) is 6.48. The van der Waals surface area contributed by atoms with Crippen molar-refractivity contribution in [2.45, 2.75) is 34.6 Å². The van der Waals surface area contributed by atoms with Crippen molar-refractivity contribution in [2.75, 3.05) is 0 Å². The third-order valence-electron chi connectivity index (χ3n) is 5.22. The first-order valence-corrected chi connectivity index (χ1v) is 7.65. The quantitative estimate of drug-likeness (QED) is 0.338. The summed E-state index contributed by atoms with van der Waals surface area (Å²) in [6.45, 7) is 11.3. The molecule has 0 heteroatoms. The van der Waals surface area contributed by atoms with Gasteiger partial charge in [0.2, 0.25) is 0 Å². The monoisotopic (exact) mass is 272 g/mol. The van der Waals surface area contributed by atoms with Gasteiger partial charge in [-0.15, -0.1) is 0 Å². The van der Waals surface area contributed by atoms with Crippen LogP contribution < -0.4 is 0 Å². The van der Waals surface area contributed by atoms with Gasteiger partial charge < -0.3 is 0 Å². The first-order chi connectivity index (χ1) is 10.0. The Morgan fingerprint density at radius 2 is 1.10 bits per heavy atom. The van der Waals surface area contributed by atoms with Gasteiger partial charge >= 0.3 is 0 Å². The van der Waals surface area contributed by atoms with E-state index < -0.39 is 0 Å². The number of aryl methyl sites for hydroxylation is 5. The lowest BCUT2D eigenvalue weighted by atomic mass is 9.84. The third-order valence-corrected chi connectivity index (χ3v) is 5.22. The second kappa shape index (κ2) is 3.98. The van der Waals surface area contributed by atoms with Crippen molar-refractivity contribution in [3.05, 3.63) is 58.1 Å². The minimum Gasteiger partial charge on any atom is -0.0581 e. The fourth-order valence-electron chi connectivity index (χ4n) is 4.06. The Morgan fingerprint density at radius 3 is 1.76 bits per heavy atom. The van der Waals surface area contributed by atoms with Gasteiger partial charge in [0.1, 0.15) is 0 Å². The molecule has 0 bridgehead atoms. The smallest absolute Gasteiger partial charge is 0.00185 e. The van der Waals surface area contributed by atoms with Crippen molar-refractivity contribution in [3.63, 3.8) is 0 Å². The van der Waals surface area contributed by atoms with E-state index in [4.69, 9.17) is 0 Å². The molecule has 0 fully saturated rings. The molecule has 0 saturated heterocycles. The Balaban J connectivity index is 2.54. The van der Waals surface area contributed by atoms with Crippen molar-refractivity contribution >= 4 is 32.3 Å². The summed E-state index contributed by atoms with van der Waals surface area (Å²) in [4.78, 5) is 0. The molecule has 0 aromatic heterocycles. The molecule has 0 atom stereocenters. The molecule has 0 aliphatic carbocycles. The lowest BCUT2D eigenvalue weighted by molar-refractivity contribution is 1.38. The van der Waals surface area contributed by atoms with Crippen LogP contribution in [0.3, 0.4) is 0 Å². The maximum atomic E-state index is 2.34. The van der Waals surface area contributed by atoms with Gasteiger partial charge in [-0.25, -0.2) is 0 Å². The Kier molecular flexibility index (Phi) is 2.39. The molecule has 0 saturated carbocycles. The number of rotatable bonds is 0. The fourth-order valence-corrected chi connectivity index (χ4v) is 4.06. The van der Waals surface area contributed by atoms with E-state index in [0.29, 0.717) is 0 Å². The molecule has 0 N–H and O–H groups in total. The topological polar surface area (TPSA) is 0 Å². The standard InChI is InChI=1S/C21H20/c1-11-6-8-16-10-13(3)17-9-7-12(2)19-15(5)14(4)18(11)20(16)21(17)19/h6-10H,1-5H3. The molecular formula is C21H20. The van der Waals surface area contributed by atoms with E-state index >= 15 is 0 Å². The predicted octanol–water partition coefficient (Wildman–Crippen LogP) is 6.13. The minimum atomic E-state index is 1.37. The van der Waals surface area contributed by atoms with E-state index in [1.165, 1.54) is 60.1 Å². The summed E-state index contributed by atoms with van der Waals surface area (Å²) in [5.41, 5.74) is 7.02. The van der Waals surface area contributed by atoms with Crippen LogP contribution in [0.4, 0.5) is 0 Å². The molecule has 21 heavy (non-hydrogen) atoms. The van der Waals surface area contributed by atoms with Crippen LogP contribution in [0.15, 0.2) is 30.3 Å². The van der Waals surface area contributed by atoms with Crippen molar-refractivity contribution in [3.8, 4) is 0 Å². The van der Waals surface area contributed by atoms with E-state index in [1.807, 2.05) is 0 Å². The molecular weight excluding hydrogens is 252 g/mol. The van der Waals surface area contributed by atoms with Crippen LogP contribution in [-0.2, 0) is 0 Å². The van der Waals surface area contributed by atoms with Gasteiger partial charge in [0.15, 0.2) is 0 Å². The zero-order valence-electron chi connectivity index (χ0n) is 13.4. The molecule has 0 radical (unpaired) electrons. The SMILES string of the molecule is Cc1cc2ccc(C)c3c(C)c(C)c4c(C)ccc1c4c23. The number of benzene rings is 4. The van der Waals surface area contributed by atoms with Gasteiger partial charge in [0, 0.05) is 0 Å². The molecule has 0 amide bonds. The summed E-state index contributed by atoms with van der Waals surface area (Å²) in [6.07, 6.45) is 0. The Morgan fingerprint density at radius 1 is 0.524 bits per heavy atom. The summed E-state index contributed by atoms with van der Waals surface area (Å²) in [7, 11) is 0. The first-order valence-electron chi connectivity index (χ1n) is 7.65. The van der Waals surface area contributed by atoms with Crippen molar-refractivity contribution in [1.82, 2.24) is 0 Å². The van der Waals surface area contributed by atoms with Gasteiger partial charge in [0.25, 0.3) is 0 Å². The zero-order valence-corrected chi connectivity index (χ0v) is 13.4.